The summed E-state index contributed by atoms with van der Waals surface area (Å²) in [4.78, 5) is 16.4. The smallest absolute Gasteiger partial charge is 0.254 e. The van der Waals surface area contributed by atoms with Crippen LogP contribution in [0.1, 0.15) is 10.4 Å². The lowest BCUT2D eigenvalue weighted by Gasteiger charge is -2.05. The number of halogens is 1. The Bertz CT molecular complexity index is 548. The SMILES string of the molecule is O=C(NCCSc1ccccc1)c1ccncc1F. The molecule has 3 nitrogen and oxygen atoms in total. The molecule has 0 saturated heterocycles. The molecule has 0 saturated carbocycles. The van der Waals surface area contributed by atoms with Crippen molar-refractivity contribution < 1.29 is 9.18 Å². The first-order valence-corrected chi connectivity index (χ1v) is 6.81. The van der Waals surface area contributed by atoms with E-state index in [-0.39, 0.29) is 5.56 Å². The van der Waals surface area contributed by atoms with Gasteiger partial charge < -0.3 is 5.32 Å². The summed E-state index contributed by atoms with van der Waals surface area (Å²) in [6, 6.07) is 11.3. The van der Waals surface area contributed by atoms with Crippen LogP contribution in [0.15, 0.2) is 53.7 Å². The molecule has 1 amide bonds. The van der Waals surface area contributed by atoms with Gasteiger partial charge in [-0.05, 0) is 18.2 Å². The first-order valence-electron chi connectivity index (χ1n) is 5.83. The van der Waals surface area contributed by atoms with Gasteiger partial charge in [0, 0.05) is 23.4 Å². The predicted octanol–water partition coefficient (Wildman–Crippen LogP) is 2.74. The molecular weight excluding hydrogens is 263 g/mol. The molecule has 5 heteroatoms. The zero-order valence-corrected chi connectivity index (χ0v) is 11.0. The van der Waals surface area contributed by atoms with Crippen LogP contribution in [0.2, 0.25) is 0 Å². The topological polar surface area (TPSA) is 42.0 Å². The van der Waals surface area contributed by atoms with E-state index >= 15 is 0 Å². The maximum Gasteiger partial charge on any atom is 0.254 e. The van der Waals surface area contributed by atoms with Gasteiger partial charge >= 0.3 is 0 Å². The van der Waals surface area contributed by atoms with Crippen LogP contribution in [-0.4, -0.2) is 23.2 Å². The summed E-state index contributed by atoms with van der Waals surface area (Å²) in [5.41, 5.74) is 0.0275. The molecule has 2 rings (SSSR count). The number of rotatable bonds is 5. The van der Waals surface area contributed by atoms with Crippen LogP contribution < -0.4 is 5.32 Å². The van der Waals surface area contributed by atoms with Gasteiger partial charge in [0.1, 0.15) is 0 Å². The van der Waals surface area contributed by atoms with E-state index in [9.17, 15) is 9.18 Å². The third-order valence-corrected chi connectivity index (χ3v) is 3.43. The van der Waals surface area contributed by atoms with Crippen LogP contribution in [0.4, 0.5) is 4.39 Å². The Hall–Kier alpha value is -1.88. The van der Waals surface area contributed by atoms with Crippen LogP contribution in [0, 0.1) is 5.82 Å². The van der Waals surface area contributed by atoms with E-state index in [1.807, 2.05) is 30.3 Å². The second kappa shape index (κ2) is 6.89. The molecule has 1 aromatic carbocycles. The van der Waals surface area contributed by atoms with E-state index in [1.165, 1.54) is 12.3 Å². The molecule has 1 aromatic heterocycles. The second-order valence-corrected chi connectivity index (χ2v) is 4.94. The second-order valence-electron chi connectivity index (χ2n) is 3.77. The predicted molar refractivity (Wildman–Crippen MR) is 73.7 cm³/mol. The highest BCUT2D eigenvalue weighted by molar-refractivity contribution is 7.99. The Kier molecular flexibility index (Phi) is 4.92. The van der Waals surface area contributed by atoms with Gasteiger partial charge in [0.2, 0.25) is 0 Å². The minimum atomic E-state index is -0.601. The molecule has 0 aliphatic rings. The van der Waals surface area contributed by atoms with Crippen LogP contribution in [0.5, 0.6) is 0 Å². The van der Waals surface area contributed by atoms with E-state index in [1.54, 1.807) is 11.8 Å². The molecule has 1 N–H and O–H groups in total. The first kappa shape index (κ1) is 13.5. The average molecular weight is 276 g/mol. The fourth-order valence-corrected chi connectivity index (χ4v) is 2.29. The van der Waals surface area contributed by atoms with E-state index in [0.717, 1.165) is 16.8 Å². The van der Waals surface area contributed by atoms with Gasteiger partial charge in [-0.1, -0.05) is 18.2 Å². The number of hydrogen-bond donors (Lipinski definition) is 1. The largest absolute Gasteiger partial charge is 0.351 e. The number of nitrogens with zero attached hydrogens (tertiary/aromatic N) is 1. The summed E-state index contributed by atoms with van der Waals surface area (Å²) < 4.78 is 13.3. The lowest BCUT2D eigenvalue weighted by Crippen LogP contribution is -2.26. The number of benzene rings is 1. The molecule has 0 unspecified atom stereocenters. The van der Waals surface area contributed by atoms with Gasteiger partial charge in [0.15, 0.2) is 5.82 Å². The quantitative estimate of drug-likeness (QED) is 0.674. The van der Waals surface area contributed by atoms with Gasteiger partial charge in [-0.25, -0.2) is 4.39 Å². The number of aromatic nitrogens is 1. The van der Waals surface area contributed by atoms with Crippen molar-refractivity contribution in [3.8, 4) is 0 Å². The van der Waals surface area contributed by atoms with Crippen molar-refractivity contribution >= 4 is 17.7 Å². The summed E-state index contributed by atoms with van der Waals surface area (Å²) in [5, 5.41) is 2.68. The summed E-state index contributed by atoms with van der Waals surface area (Å²) in [6.07, 6.45) is 2.43. The zero-order chi connectivity index (χ0) is 13.5. The molecule has 0 atom stereocenters. The monoisotopic (exact) mass is 276 g/mol. The highest BCUT2D eigenvalue weighted by atomic mass is 32.2. The van der Waals surface area contributed by atoms with Gasteiger partial charge in [0.25, 0.3) is 5.91 Å². The van der Waals surface area contributed by atoms with E-state index < -0.39 is 11.7 Å². The molecule has 19 heavy (non-hydrogen) atoms. The van der Waals surface area contributed by atoms with Crippen molar-refractivity contribution in [3.05, 3.63) is 60.2 Å². The minimum Gasteiger partial charge on any atom is -0.351 e. The average Bonchev–Trinajstić information content (AvgIpc) is 2.45. The normalized spacial score (nSPS) is 10.2. The number of carbonyl (C=O) groups is 1. The van der Waals surface area contributed by atoms with Crippen molar-refractivity contribution in [2.75, 3.05) is 12.3 Å². The van der Waals surface area contributed by atoms with E-state index in [2.05, 4.69) is 10.3 Å². The lowest BCUT2D eigenvalue weighted by atomic mass is 10.2. The number of carbonyl (C=O) groups excluding carboxylic acids is 1. The lowest BCUT2D eigenvalue weighted by molar-refractivity contribution is 0.0952. The van der Waals surface area contributed by atoms with Crippen molar-refractivity contribution in [1.82, 2.24) is 10.3 Å². The summed E-state index contributed by atoms with van der Waals surface area (Å²) >= 11 is 1.64. The van der Waals surface area contributed by atoms with E-state index in [4.69, 9.17) is 0 Å². The van der Waals surface area contributed by atoms with Crippen molar-refractivity contribution in [2.24, 2.45) is 0 Å². The zero-order valence-electron chi connectivity index (χ0n) is 10.2. The first-order chi connectivity index (χ1) is 9.27. The van der Waals surface area contributed by atoms with Crippen LogP contribution in [0.3, 0.4) is 0 Å². The van der Waals surface area contributed by atoms with Crippen molar-refractivity contribution in [3.63, 3.8) is 0 Å². The van der Waals surface area contributed by atoms with E-state index in [0.29, 0.717) is 6.54 Å². The maximum atomic E-state index is 13.3. The third kappa shape index (κ3) is 4.06. The summed E-state index contributed by atoms with van der Waals surface area (Å²) in [6.45, 7) is 0.486. The van der Waals surface area contributed by atoms with Gasteiger partial charge in [-0.3, -0.25) is 9.78 Å². The van der Waals surface area contributed by atoms with Gasteiger partial charge in [0.05, 0.1) is 11.8 Å². The Morgan fingerprint density at radius 1 is 1.26 bits per heavy atom. The Balaban J connectivity index is 1.77. The fourth-order valence-electron chi connectivity index (χ4n) is 1.50. The molecule has 0 aliphatic heterocycles. The number of amides is 1. The van der Waals surface area contributed by atoms with Crippen molar-refractivity contribution in [1.29, 1.82) is 0 Å². The van der Waals surface area contributed by atoms with Gasteiger partial charge in [-0.2, -0.15) is 0 Å². The molecule has 0 bridgehead atoms. The summed E-state index contributed by atoms with van der Waals surface area (Å²) in [7, 11) is 0. The maximum absolute atomic E-state index is 13.3. The molecule has 98 valence electrons. The number of nitrogens with one attached hydrogen (secondary N) is 1. The fraction of sp³-hybridized carbons (Fsp3) is 0.143. The molecule has 0 aliphatic carbocycles. The highest BCUT2D eigenvalue weighted by Crippen LogP contribution is 2.15. The highest BCUT2D eigenvalue weighted by Gasteiger charge is 2.10. The molecule has 0 radical (unpaired) electrons. The molecule has 1 heterocycles. The van der Waals surface area contributed by atoms with Crippen LogP contribution in [0.25, 0.3) is 0 Å². The molecule has 0 spiro atoms. The van der Waals surface area contributed by atoms with Crippen molar-refractivity contribution in [2.45, 2.75) is 4.90 Å². The molecule has 0 fully saturated rings. The van der Waals surface area contributed by atoms with Crippen LogP contribution >= 0.6 is 11.8 Å². The number of thioether (sulfide) groups is 1. The molecule has 2 aromatic rings. The Morgan fingerprint density at radius 2 is 2.05 bits per heavy atom. The summed E-state index contributed by atoms with van der Waals surface area (Å²) in [5.74, 6) is -0.271. The Labute approximate surface area is 115 Å². The van der Waals surface area contributed by atoms with Gasteiger partial charge in [-0.15, -0.1) is 11.8 Å². The molecular formula is C14H13FN2OS. The third-order valence-electron chi connectivity index (χ3n) is 2.42. The Morgan fingerprint density at radius 3 is 2.79 bits per heavy atom. The minimum absolute atomic E-state index is 0.0275. The van der Waals surface area contributed by atoms with Crippen LogP contribution in [-0.2, 0) is 0 Å². The number of hydrogen-bond acceptors (Lipinski definition) is 3. The standard InChI is InChI=1S/C14H13FN2OS/c15-13-10-16-7-6-12(13)14(18)17-8-9-19-11-4-2-1-3-5-11/h1-7,10H,8-9H2,(H,17,18). The number of pyridine rings is 1.